The number of fused-ring (bicyclic) bond motifs is 3. The average molecular weight is 410 g/mol. The van der Waals surface area contributed by atoms with Crippen LogP contribution in [0, 0.1) is 0 Å². The Morgan fingerprint density at radius 3 is 2.93 bits per heavy atom. The van der Waals surface area contributed by atoms with Gasteiger partial charge in [-0.2, -0.15) is 10.2 Å². The second-order valence-electron chi connectivity index (χ2n) is 7.50. The minimum atomic E-state index is -0.0127. The molecule has 0 aliphatic carbocycles. The van der Waals surface area contributed by atoms with Crippen LogP contribution < -0.4 is 5.43 Å². The van der Waals surface area contributed by atoms with Crippen molar-refractivity contribution in [1.82, 2.24) is 15.4 Å². The van der Waals surface area contributed by atoms with Gasteiger partial charge in [0.25, 0.3) is 0 Å². The Labute approximate surface area is 178 Å². The molecule has 0 saturated heterocycles. The van der Waals surface area contributed by atoms with E-state index < -0.39 is 0 Å². The van der Waals surface area contributed by atoms with Gasteiger partial charge in [0.1, 0.15) is 6.17 Å². The molecule has 0 amide bonds. The van der Waals surface area contributed by atoms with Crippen LogP contribution in [0.25, 0.3) is 21.0 Å². The first kappa shape index (κ1) is 17.4. The Hall–Kier alpha value is -3.51. The van der Waals surface area contributed by atoms with Crippen LogP contribution >= 0.6 is 11.3 Å². The monoisotopic (exact) mass is 409 g/mol. The topological polar surface area (TPSA) is 52.9 Å². The van der Waals surface area contributed by atoms with Crippen molar-refractivity contribution >= 4 is 43.9 Å². The van der Waals surface area contributed by atoms with Gasteiger partial charge in [-0.05, 0) is 47.4 Å². The number of nitrogens with one attached hydrogen (secondary N) is 1. The molecule has 0 spiro atoms. The van der Waals surface area contributed by atoms with Crippen molar-refractivity contribution in [2.24, 2.45) is 10.2 Å². The van der Waals surface area contributed by atoms with Gasteiger partial charge < -0.3 is 0 Å². The lowest BCUT2D eigenvalue weighted by Gasteiger charge is -2.21. The second-order valence-corrected chi connectivity index (χ2v) is 8.58. The number of hydrogen-bond acceptors (Lipinski definition) is 6. The summed E-state index contributed by atoms with van der Waals surface area (Å²) in [6.45, 7) is 0. The number of aromatic nitrogens is 1. The number of pyridine rings is 1. The molecule has 2 aliphatic heterocycles. The lowest BCUT2D eigenvalue weighted by Crippen LogP contribution is -2.38. The van der Waals surface area contributed by atoms with Crippen molar-refractivity contribution in [2.45, 2.75) is 19.0 Å². The van der Waals surface area contributed by atoms with Crippen LogP contribution in [0.1, 0.15) is 16.9 Å². The lowest BCUT2D eigenvalue weighted by atomic mass is 10.1. The molecule has 0 saturated carbocycles. The van der Waals surface area contributed by atoms with E-state index in [1.807, 2.05) is 17.3 Å². The number of benzene rings is 2. The summed E-state index contributed by atoms with van der Waals surface area (Å²) in [6.07, 6.45) is 7.62. The third-order valence-corrected chi connectivity index (χ3v) is 6.64. The van der Waals surface area contributed by atoms with Crippen LogP contribution in [0.2, 0.25) is 0 Å². The van der Waals surface area contributed by atoms with Gasteiger partial charge in [0.2, 0.25) is 0 Å². The molecule has 2 aromatic heterocycles. The van der Waals surface area contributed by atoms with Crippen molar-refractivity contribution in [3.05, 3.63) is 89.5 Å². The largest absolute Gasteiger partial charge is 0.283 e. The molecule has 6 rings (SSSR count). The number of allylic oxidation sites excluding steroid dienone is 1. The fourth-order valence-corrected chi connectivity index (χ4v) is 5.03. The average Bonchev–Trinajstić information content (AvgIpc) is 3.31. The van der Waals surface area contributed by atoms with Gasteiger partial charge in [0.05, 0.1) is 16.1 Å². The molecule has 1 unspecified atom stereocenters. The minimum Gasteiger partial charge on any atom is -0.283 e. The van der Waals surface area contributed by atoms with Crippen LogP contribution in [0.4, 0.5) is 0 Å². The zero-order valence-electron chi connectivity index (χ0n) is 16.2. The molecule has 146 valence electrons. The highest BCUT2D eigenvalue weighted by Crippen LogP contribution is 2.28. The molecule has 1 N–H and O–H groups in total. The van der Waals surface area contributed by atoms with Crippen LogP contribution in [-0.2, 0) is 6.42 Å². The van der Waals surface area contributed by atoms with Crippen LogP contribution in [0.3, 0.4) is 0 Å². The molecule has 5 nitrogen and oxygen atoms in total. The van der Waals surface area contributed by atoms with E-state index in [9.17, 15) is 0 Å². The van der Waals surface area contributed by atoms with E-state index in [1.54, 1.807) is 11.3 Å². The second kappa shape index (κ2) is 7.07. The Morgan fingerprint density at radius 1 is 1.03 bits per heavy atom. The van der Waals surface area contributed by atoms with E-state index in [4.69, 9.17) is 5.10 Å². The van der Waals surface area contributed by atoms with Crippen LogP contribution in [0.5, 0.6) is 0 Å². The minimum absolute atomic E-state index is 0.0127. The van der Waals surface area contributed by atoms with Crippen molar-refractivity contribution in [1.29, 1.82) is 0 Å². The molecule has 2 aliphatic rings. The van der Waals surface area contributed by atoms with Crippen molar-refractivity contribution in [3.63, 3.8) is 0 Å². The fraction of sp³-hybridized carbons (Fsp3) is 0.125. The summed E-state index contributed by atoms with van der Waals surface area (Å²) in [5.41, 5.74) is 6.59. The maximum absolute atomic E-state index is 5.04. The Bertz CT molecular complexity index is 1320. The summed E-state index contributed by atoms with van der Waals surface area (Å²) >= 11 is 1.80. The van der Waals surface area contributed by atoms with Crippen LogP contribution in [-0.4, -0.2) is 27.7 Å². The van der Waals surface area contributed by atoms with E-state index in [1.165, 1.54) is 20.5 Å². The highest BCUT2D eigenvalue weighted by Gasteiger charge is 2.28. The molecule has 0 radical (unpaired) electrons. The fourth-order valence-electron chi connectivity index (χ4n) is 3.97. The summed E-state index contributed by atoms with van der Waals surface area (Å²) in [5.74, 6) is 0.860. The SMILES string of the molecule is C1=CC2=NNC(Cc3ccc4ncccc4c3)N2N=C(c2cc3ccccc3s2)C1. The normalized spacial score (nSPS) is 18.1. The molecule has 0 fully saturated rings. The Morgan fingerprint density at radius 2 is 1.97 bits per heavy atom. The zero-order valence-corrected chi connectivity index (χ0v) is 17.0. The molecule has 30 heavy (non-hydrogen) atoms. The summed E-state index contributed by atoms with van der Waals surface area (Å²) < 4.78 is 1.29. The first-order valence-electron chi connectivity index (χ1n) is 10.0. The van der Waals surface area contributed by atoms with E-state index in [2.05, 4.69) is 82.3 Å². The molecule has 1 atom stereocenters. The smallest absolute Gasteiger partial charge is 0.170 e. The molecular formula is C24H19N5S. The van der Waals surface area contributed by atoms with Gasteiger partial charge in [-0.3, -0.25) is 10.4 Å². The van der Waals surface area contributed by atoms with E-state index >= 15 is 0 Å². The number of hydrazone groups is 2. The summed E-state index contributed by atoms with van der Waals surface area (Å²) in [6, 6.07) is 21.2. The van der Waals surface area contributed by atoms with Gasteiger partial charge in [0.15, 0.2) is 5.84 Å². The first-order valence-corrected chi connectivity index (χ1v) is 10.8. The van der Waals surface area contributed by atoms with Gasteiger partial charge in [-0.1, -0.05) is 36.4 Å². The van der Waals surface area contributed by atoms with Gasteiger partial charge in [-0.25, -0.2) is 5.01 Å². The van der Waals surface area contributed by atoms with Gasteiger partial charge in [0, 0.05) is 29.1 Å². The highest BCUT2D eigenvalue weighted by atomic mass is 32.1. The predicted molar refractivity (Wildman–Crippen MR) is 124 cm³/mol. The lowest BCUT2D eigenvalue weighted by molar-refractivity contribution is 0.311. The molecule has 2 aromatic carbocycles. The molecule has 4 aromatic rings. The number of amidine groups is 1. The van der Waals surface area contributed by atoms with E-state index in [0.717, 1.165) is 35.3 Å². The van der Waals surface area contributed by atoms with Crippen LogP contribution in [0.15, 0.2) is 89.2 Å². The Kier molecular flexibility index (Phi) is 4.09. The predicted octanol–water partition coefficient (Wildman–Crippen LogP) is 4.90. The third kappa shape index (κ3) is 3.06. The van der Waals surface area contributed by atoms with Crippen molar-refractivity contribution < 1.29 is 0 Å². The molecular weight excluding hydrogens is 390 g/mol. The maximum Gasteiger partial charge on any atom is 0.170 e. The molecule has 0 bridgehead atoms. The number of thiophene rings is 1. The zero-order chi connectivity index (χ0) is 19.9. The summed E-state index contributed by atoms with van der Waals surface area (Å²) in [7, 11) is 0. The number of nitrogens with zero attached hydrogens (tertiary/aromatic N) is 4. The quantitative estimate of drug-likeness (QED) is 0.524. The molecule has 4 heterocycles. The first-order chi connectivity index (χ1) is 14.8. The van der Waals surface area contributed by atoms with E-state index in [0.29, 0.717) is 0 Å². The van der Waals surface area contributed by atoms with Gasteiger partial charge >= 0.3 is 0 Å². The van der Waals surface area contributed by atoms with Gasteiger partial charge in [-0.15, -0.1) is 11.3 Å². The third-order valence-electron chi connectivity index (χ3n) is 5.47. The Balaban J connectivity index is 1.32. The number of rotatable bonds is 3. The van der Waals surface area contributed by atoms with E-state index in [-0.39, 0.29) is 6.17 Å². The number of hydrogen-bond donors (Lipinski definition) is 1. The van der Waals surface area contributed by atoms with Crippen molar-refractivity contribution in [3.8, 4) is 0 Å². The summed E-state index contributed by atoms with van der Waals surface area (Å²) in [5, 5.41) is 14.0. The summed E-state index contributed by atoms with van der Waals surface area (Å²) in [4.78, 5) is 5.63. The standard InChI is InChI=1S/C24H19N5S/c1-2-8-21-18(5-1)15-22(30-21)20-7-3-9-23-26-27-24(29(23)28-20)14-16-10-11-19-17(13-16)6-4-12-25-19/h1-6,8-13,15,24,27H,7,14H2. The molecule has 6 heteroatoms. The maximum atomic E-state index is 5.04. The van der Waals surface area contributed by atoms with Crippen molar-refractivity contribution in [2.75, 3.05) is 0 Å². The highest BCUT2D eigenvalue weighted by molar-refractivity contribution is 7.20.